The Kier molecular flexibility index (Phi) is 6.92. The van der Waals surface area contributed by atoms with Gasteiger partial charge in [0.15, 0.2) is 0 Å². The number of carbonyl (C=O) groups excluding carboxylic acids is 2. The molecule has 7 heteroatoms. The molecule has 1 aliphatic rings. The molecule has 5 nitrogen and oxygen atoms in total. The fraction of sp³-hybridized carbons (Fsp3) is 0.217. The first-order chi connectivity index (χ1) is 14.0. The summed E-state index contributed by atoms with van der Waals surface area (Å²) in [6.07, 6.45) is 1.02. The van der Waals surface area contributed by atoms with Crippen LogP contribution in [0.25, 0.3) is 11.1 Å². The molecule has 0 saturated carbocycles. The maximum absolute atomic E-state index is 12.6. The van der Waals surface area contributed by atoms with Gasteiger partial charge >= 0.3 is 0 Å². The van der Waals surface area contributed by atoms with Gasteiger partial charge in [-0.15, -0.1) is 23.7 Å². The van der Waals surface area contributed by atoms with Crippen LogP contribution < -0.4 is 11.1 Å². The van der Waals surface area contributed by atoms with Gasteiger partial charge in [0.2, 0.25) is 5.91 Å². The monoisotopic (exact) mass is 441 g/mol. The molecule has 3 N–H and O–H groups in total. The number of primary amides is 1. The van der Waals surface area contributed by atoms with E-state index in [2.05, 4.69) is 22.3 Å². The lowest BCUT2D eigenvalue weighted by Gasteiger charge is -2.22. The average Bonchev–Trinajstić information content (AvgIpc) is 3.06. The second kappa shape index (κ2) is 9.43. The molecule has 3 aromatic rings. The Hall–Kier alpha value is -2.67. The molecule has 0 saturated heterocycles. The molecule has 0 aliphatic carbocycles. The van der Waals surface area contributed by atoms with E-state index in [1.807, 2.05) is 49.5 Å². The molecule has 0 radical (unpaired) electrons. The van der Waals surface area contributed by atoms with Gasteiger partial charge in [-0.2, -0.15) is 0 Å². The van der Waals surface area contributed by atoms with Gasteiger partial charge in [-0.1, -0.05) is 54.6 Å². The van der Waals surface area contributed by atoms with E-state index in [-0.39, 0.29) is 24.7 Å². The van der Waals surface area contributed by atoms with Gasteiger partial charge in [-0.05, 0) is 35.7 Å². The SMILES string of the molecule is CN1CCc2c(sc(NC(=O)Cc3ccc(-c4ccccc4)cc3)c2C(N)=O)C1.Cl. The molecule has 0 bridgehead atoms. The highest BCUT2D eigenvalue weighted by molar-refractivity contribution is 7.17. The fourth-order valence-corrected chi connectivity index (χ4v) is 5.03. The number of rotatable bonds is 5. The number of hydrogen-bond acceptors (Lipinski definition) is 4. The third-order valence-electron chi connectivity index (χ3n) is 5.17. The van der Waals surface area contributed by atoms with Gasteiger partial charge in [-0.25, -0.2) is 0 Å². The number of benzene rings is 2. The minimum Gasteiger partial charge on any atom is -0.365 e. The Morgan fingerprint density at radius 1 is 1.07 bits per heavy atom. The number of anilines is 1. The molecule has 30 heavy (non-hydrogen) atoms. The predicted octanol–water partition coefficient (Wildman–Crippen LogP) is 4.10. The summed E-state index contributed by atoms with van der Waals surface area (Å²) in [4.78, 5) is 27.9. The zero-order valence-corrected chi connectivity index (χ0v) is 18.3. The number of hydrogen-bond donors (Lipinski definition) is 2. The molecule has 0 fully saturated rings. The summed E-state index contributed by atoms with van der Waals surface area (Å²) in [6, 6.07) is 18.1. The van der Waals surface area contributed by atoms with Crippen LogP contribution >= 0.6 is 23.7 Å². The van der Waals surface area contributed by atoms with E-state index in [1.165, 1.54) is 11.3 Å². The Labute approximate surface area is 186 Å². The molecule has 0 atom stereocenters. The summed E-state index contributed by atoms with van der Waals surface area (Å²) in [7, 11) is 2.05. The molecule has 2 amide bonds. The minimum atomic E-state index is -0.477. The maximum atomic E-state index is 12.6. The number of nitrogens with zero attached hydrogens (tertiary/aromatic N) is 1. The first-order valence-corrected chi connectivity index (χ1v) is 10.4. The Bertz CT molecular complexity index is 1050. The molecule has 1 aromatic heterocycles. The van der Waals surface area contributed by atoms with E-state index in [0.29, 0.717) is 10.6 Å². The van der Waals surface area contributed by atoms with Crippen molar-refractivity contribution in [3.63, 3.8) is 0 Å². The third kappa shape index (κ3) is 4.73. The fourth-order valence-electron chi connectivity index (χ4n) is 3.68. The number of thiophene rings is 1. The number of nitrogens with two attached hydrogens (primary N) is 1. The van der Waals surface area contributed by atoms with Crippen LogP contribution in [0, 0.1) is 0 Å². The summed E-state index contributed by atoms with van der Waals surface area (Å²) >= 11 is 1.46. The van der Waals surface area contributed by atoms with Crippen molar-refractivity contribution in [2.75, 3.05) is 18.9 Å². The Morgan fingerprint density at radius 2 is 1.73 bits per heavy atom. The van der Waals surface area contributed by atoms with Gasteiger partial charge in [0.1, 0.15) is 5.00 Å². The van der Waals surface area contributed by atoms with E-state index in [9.17, 15) is 9.59 Å². The predicted molar refractivity (Wildman–Crippen MR) is 124 cm³/mol. The number of amides is 2. The zero-order valence-electron chi connectivity index (χ0n) is 16.7. The van der Waals surface area contributed by atoms with E-state index in [1.54, 1.807) is 0 Å². The quantitative estimate of drug-likeness (QED) is 0.625. The lowest BCUT2D eigenvalue weighted by atomic mass is 10.0. The molecule has 1 aliphatic heterocycles. The minimum absolute atomic E-state index is 0. The van der Waals surface area contributed by atoms with Crippen LogP contribution in [0.15, 0.2) is 54.6 Å². The standard InChI is InChI=1S/C23H23N3O2S.ClH/c1-26-12-11-18-19(14-26)29-23(21(18)22(24)28)25-20(27)13-15-7-9-17(10-8-15)16-5-3-2-4-6-16;/h2-10H,11-14H2,1H3,(H2,24,28)(H,25,27);1H. The highest BCUT2D eigenvalue weighted by Gasteiger charge is 2.26. The number of likely N-dealkylation sites (N-methyl/N-ethyl adjacent to an activating group) is 1. The lowest BCUT2D eigenvalue weighted by molar-refractivity contribution is -0.115. The van der Waals surface area contributed by atoms with Crippen molar-refractivity contribution >= 4 is 40.6 Å². The third-order valence-corrected chi connectivity index (χ3v) is 6.31. The van der Waals surface area contributed by atoms with Gasteiger partial charge in [0.05, 0.1) is 12.0 Å². The van der Waals surface area contributed by atoms with Crippen molar-refractivity contribution in [2.45, 2.75) is 19.4 Å². The van der Waals surface area contributed by atoms with Crippen LogP contribution in [0.1, 0.15) is 26.4 Å². The van der Waals surface area contributed by atoms with Crippen LogP contribution in [0.3, 0.4) is 0 Å². The van der Waals surface area contributed by atoms with Gasteiger partial charge < -0.3 is 16.0 Å². The van der Waals surface area contributed by atoms with Crippen molar-refractivity contribution in [2.24, 2.45) is 5.73 Å². The molecule has 2 aromatic carbocycles. The Balaban J connectivity index is 0.00000256. The van der Waals surface area contributed by atoms with Crippen LogP contribution in [-0.4, -0.2) is 30.3 Å². The molecule has 0 unspecified atom stereocenters. The molecule has 0 spiro atoms. The molecule has 156 valence electrons. The highest BCUT2D eigenvalue weighted by Crippen LogP contribution is 2.36. The highest BCUT2D eigenvalue weighted by atomic mass is 35.5. The topological polar surface area (TPSA) is 75.4 Å². The van der Waals surface area contributed by atoms with Crippen molar-refractivity contribution in [1.29, 1.82) is 0 Å². The van der Waals surface area contributed by atoms with Crippen molar-refractivity contribution in [3.05, 3.63) is 76.2 Å². The molecule has 2 heterocycles. The maximum Gasteiger partial charge on any atom is 0.251 e. The Morgan fingerprint density at radius 3 is 2.40 bits per heavy atom. The van der Waals surface area contributed by atoms with E-state index in [4.69, 9.17) is 5.73 Å². The number of halogens is 1. The number of nitrogens with one attached hydrogen (secondary N) is 1. The van der Waals surface area contributed by atoms with Crippen LogP contribution in [0.4, 0.5) is 5.00 Å². The molecular weight excluding hydrogens is 418 g/mol. The first-order valence-electron chi connectivity index (χ1n) is 9.58. The average molecular weight is 442 g/mol. The molecular formula is C23H24ClN3O2S. The van der Waals surface area contributed by atoms with Gasteiger partial charge in [-0.3, -0.25) is 9.59 Å². The summed E-state index contributed by atoms with van der Waals surface area (Å²) in [5.74, 6) is -0.624. The van der Waals surface area contributed by atoms with Crippen LogP contribution in [0.5, 0.6) is 0 Å². The van der Waals surface area contributed by atoms with E-state index < -0.39 is 5.91 Å². The normalized spacial score (nSPS) is 13.2. The van der Waals surface area contributed by atoms with Crippen molar-refractivity contribution < 1.29 is 9.59 Å². The van der Waals surface area contributed by atoms with Crippen molar-refractivity contribution in [3.8, 4) is 11.1 Å². The molecule has 4 rings (SSSR count). The summed E-state index contributed by atoms with van der Waals surface area (Å²) in [6.45, 7) is 1.66. The second-order valence-electron chi connectivity index (χ2n) is 7.35. The number of carbonyl (C=O) groups is 2. The van der Waals surface area contributed by atoms with Crippen LogP contribution in [-0.2, 0) is 24.2 Å². The number of fused-ring (bicyclic) bond motifs is 1. The largest absolute Gasteiger partial charge is 0.365 e. The summed E-state index contributed by atoms with van der Waals surface area (Å²) < 4.78 is 0. The van der Waals surface area contributed by atoms with E-state index in [0.717, 1.165) is 46.6 Å². The second-order valence-corrected chi connectivity index (χ2v) is 8.45. The summed E-state index contributed by atoms with van der Waals surface area (Å²) in [5, 5.41) is 3.49. The van der Waals surface area contributed by atoms with Gasteiger partial charge in [0, 0.05) is 18.0 Å². The first kappa shape index (κ1) is 22.0. The van der Waals surface area contributed by atoms with E-state index >= 15 is 0 Å². The zero-order chi connectivity index (χ0) is 20.4. The van der Waals surface area contributed by atoms with Crippen LogP contribution in [0.2, 0.25) is 0 Å². The van der Waals surface area contributed by atoms with Gasteiger partial charge in [0.25, 0.3) is 5.91 Å². The van der Waals surface area contributed by atoms with Crippen molar-refractivity contribution in [1.82, 2.24) is 4.90 Å². The lowest BCUT2D eigenvalue weighted by Crippen LogP contribution is -2.27. The summed E-state index contributed by atoms with van der Waals surface area (Å²) in [5.41, 5.74) is 10.3. The smallest absolute Gasteiger partial charge is 0.251 e.